The number of nitrogens with two attached hydrogens (primary N) is 2. The minimum atomic E-state index is 0.265. The van der Waals surface area contributed by atoms with E-state index in [0.717, 1.165) is 44.0 Å². The number of halogens is 2. The lowest BCUT2D eigenvalue weighted by molar-refractivity contribution is -0.119. The number of carbonyl (C=O) groups is 1. The molecule has 0 aliphatic rings. The summed E-state index contributed by atoms with van der Waals surface area (Å²) in [6.45, 7) is 0.989. The van der Waals surface area contributed by atoms with Crippen molar-refractivity contribution in [2.45, 2.75) is 38.8 Å². The predicted molar refractivity (Wildman–Crippen MR) is 106 cm³/mol. The van der Waals surface area contributed by atoms with Crippen LogP contribution in [0.4, 0.5) is 0 Å². The van der Waals surface area contributed by atoms with E-state index in [9.17, 15) is 4.79 Å². The van der Waals surface area contributed by atoms with Crippen molar-refractivity contribution in [2.75, 3.05) is 0 Å². The predicted octanol–water partition coefficient (Wildman–Crippen LogP) is 4.26. The van der Waals surface area contributed by atoms with Crippen LogP contribution in [-0.2, 0) is 30.7 Å². The summed E-state index contributed by atoms with van der Waals surface area (Å²) in [5.41, 5.74) is 16.0. The molecule has 2 rings (SSSR count). The molecule has 0 unspecified atom stereocenters. The second-order valence-electron chi connectivity index (χ2n) is 5.77. The molecule has 5 heteroatoms. The van der Waals surface area contributed by atoms with Gasteiger partial charge in [0.25, 0.3) is 0 Å². The molecule has 0 aliphatic carbocycles. The Morgan fingerprint density at radius 2 is 1.17 bits per heavy atom. The number of benzene rings is 2. The van der Waals surface area contributed by atoms with Crippen LogP contribution in [0.5, 0.6) is 0 Å². The molecule has 0 spiro atoms. The normalized spacial score (nSPS) is 10.8. The molecule has 3 nitrogen and oxygen atoms in total. The van der Waals surface area contributed by atoms with E-state index in [-0.39, 0.29) is 5.78 Å². The first-order valence-corrected chi connectivity index (χ1v) is 9.58. The van der Waals surface area contributed by atoms with Crippen LogP contribution in [0, 0.1) is 0 Å². The van der Waals surface area contributed by atoms with Crippen LogP contribution in [0.3, 0.4) is 0 Å². The van der Waals surface area contributed by atoms with Gasteiger partial charge in [0.2, 0.25) is 0 Å². The molecule has 0 amide bonds. The summed E-state index contributed by atoms with van der Waals surface area (Å²) in [6, 6.07) is 12.1. The maximum atomic E-state index is 12.3. The average Bonchev–Trinajstić information content (AvgIpc) is 2.58. The van der Waals surface area contributed by atoms with Crippen LogP contribution in [0.1, 0.15) is 35.1 Å². The van der Waals surface area contributed by atoms with Gasteiger partial charge in [-0.1, -0.05) is 44.0 Å². The van der Waals surface area contributed by atoms with Gasteiger partial charge in [-0.25, -0.2) is 0 Å². The van der Waals surface area contributed by atoms with E-state index in [4.69, 9.17) is 11.5 Å². The number of hydrogen-bond acceptors (Lipinski definition) is 3. The summed E-state index contributed by atoms with van der Waals surface area (Å²) in [5.74, 6) is 0.265. The maximum absolute atomic E-state index is 12.3. The minimum Gasteiger partial charge on any atom is -0.326 e. The molecule has 0 saturated carbocycles. The molecular weight excluding hydrogens is 432 g/mol. The van der Waals surface area contributed by atoms with Gasteiger partial charge in [0, 0.05) is 34.9 Å². The van der Waals surface area contributed by atoms with Gasteiger partial charge in [-0.05, 0) is 59.4 Å². The van der Waals surface area contributed by atoms with Crippen molar-refractivity contribution in [3.63, 3.8) is 0 Å². The first-order chi connectivity index (χ1) is 11.5. The van der Waals surface area contributed by atoms with E-state index in [1.807, 2.05) is 24.3 Å². The van der Waals surface area contributed by atoms with Crippen molar-refractivity contribution in [2.24, 2.45) is 11.5 Å². The number of Topliss-reactive ketones (excluding diaryl/α,β-unsaturated/α-hetero) is 1. The van der Waals surface area contributed by atoms with Crippen LogP contribution in [0.2, 0.25) is 0 Å². The Balaban J connectivity index is 1.93. The third-order valence-corrected chi connectivity index (χ3v) is 5.11. The zero-order valence-corrected chi connectivity index (χ0v) is 16.7. The number of carbonyl (C=O) groups excluding carboxylic acids is 1. The summed E-state index contributed by atoms with van der Waals surface area (Å²) in [7, 11) is 0. The molecule has 0 saturated heterocycles. The Morgan fingerprint density at radius 3 is 1.54 bits per heavy atom. The van der Waals surface area contributed by atoms with Crippen LogP contribution >= 0.6 is 31.9 Å². The molecular formula is C19H22Br2N2O. The largest absolute Gasteiger partial charge is 0.326 e. The molecule has 0 aromatic heterocycles. The third kappa shape index (κ3) is 5.52. The van der Waals surface area contributed by atoms with Crippen molar-refractivity contribution < 1.29 is 4.79 Å². The standard InChI is InChI=1S/C19H22Br2N2O/c20-17-5-1-15(11-22)13(9-17)3-7-19(24)8-4-14-10-18(21)6-2-16(14)12-23/h1-2,5-6,9-10H,3-4,7-8,11-12,22-23H2. The molecule has 24 heavy (non-hydrogen) atoms. The van der Waals surface area contributed by atoms with Crippen LogP contribution in [-0.4, -0.2) is 5.78 Å². The summed E-state index contributed by atoms with van der Waals surface area (Å²) < 4.78 is 2.03. The number of ketones is 1. The summed E-state index contributed by atoms with van der Waals surface area (Å²) in [4.78, 5) is 12.3. The van der Waals surface area contributed by atoms with Gasteiger partial charge in [0.1, 0.15) is 5.78 Å². The zero-order chi connectivity index (χ0) is 17.5. The highest BCUT2D eigenvalue weighted by atomic mass is 79.9. The van der Waals surface area contributed by atoms with Crippen LogP contribution < -0.4 is 11.5 Å². The lowest BCUT2D eigenvalue weighted by Gasteiger charge is -2.10. The van der Waals surface area contributed by atoms with Crippen molar-refractivity contribution in [1.82, 2.24) is 0 Å². The fraction of sp³-hybridized carbons (Fsp3) is 0.316. The van der Waals surface area contributed by atoms with Gasteiger partial charge in [0.15, 0.2) is 0 Å². The summed E-state index contributed by atoms with van der Waals surface area (Å²) in [5, 5.41) is 0. The van der Waals surface area contributed by atoms with E-state index < -0.39 is 0 Å². The molecule has 4 N–H and O–H groups in total. The Bertz CT molecular complexity index is 657. The minimum absolute atomic E-state index is 0.265. The van der Waals surface area contributed by atoms with Crippen molar-refractivity contribution >= 4 is 37.6 Å². The Kier molecular flexibility index (Phi) is 7.62. The Morgan fingerprint density at radius 1 is 0.750 bits per heavy atom. The number of hydrogen-bond donors (Lipinski definition) is 2. The molecule has 128 valence electrons. The van der Waals surface area contributed by atoms with Gasteiger partial charge in [-0.2, -0.15) is 0 Å². The van der Waals surface area contributed by atoms with Gasteiger partial charge < -0.3 is 11.5 Å². The fourth-order valence-corrected chi connectivity index (χ4v) is 3.54. The first-order valence-electron chi connectivity index (χ1n) is 8.00. The van der Waals surface area contributed by atoms with E-state index in [1.54, 1.807) is 0 Å². The molecule has 0 fully saturated rings. The second kappa shape index (κ2) is 9.47. The highest BCUT2D eigenvalue weighted by Crippen LogP contribution is 2.20. The van der Waals surface area contributed by atoms with Gasteiger partial charge in [0.05, 0.1) is 0 Å². The molecule has 2 aromatic carbocycles. The average molecular weight is 454 g/mol. The molecule has 2 aromatic rings. The lowest BCUT2D eigenvalue weighted by Crippen LogP contribution is -2.07. The van der Waals surface area contributed by atoms with Gasteiger partial charge >= 0.3 is 0 Å². The third-order valence-electron chi connectivity index (χ3n) is 4.12. The first kappa shape index (κ1) is 19.3. The summed E-state index contributed by atoms with van der Waals surface area (Å²) in [6.07, 6.45) is 2.53. The summed E-state index contributed by atoms with van der Waals surface area (Å²) >= 11 is 6.95. The molecule has 0 radical (unpaired) electrons. The van der Waals surface area contributed by atoms with Crippen LogP contribution in [0.15, 0.2) is 45.3 Å². The number of aryl methyl sites for hydroxylation is 2. The van der Waals surface area contributed by atoms with Crippen molar-refractivity contribution in [3.05, 3.63) is 67.6 Å². The van der Waals surface area contributed by atoms with E-state index in [2.05, 4.69) is 44.0 Å². The maximum Gasteiger partial charge on any atom is 0.133 e. The van der Waals surface area contributed by atoms with Gasteiger partial charge in [-0.15, -0.1) is 0 Å². The monoisotopic (exact) mass is 452 g/mol. The highest BCUT2D eigenvalue weighted by molar-refractivity contribution is 9.10. The smallest absolute Gasteiger partial charge is 0.133 e. The Labute approximate surface area is 160 Å². The second-order valence-corrected chi connectivity index (χ2v) is 7.60. The molecule has 0 atom stereocenters. The SMILES string of the molecule is NCc1ccc(Br)cc1CCC(=O)CCc1cc(Br)ccc1CN. The van der Waals surface area contributed by atoms with Crippen molar-refractivity contribution in [1.29, 1.82) is 0 Å². The quantitative estimate of drug-likeness (QED) is 0.627. The van der Waals surface area contributed by atoms with Crippen molar-refractivity contribution in [3.8, 4) is 0 Å². The Hall–Kier alpha value is -1.01. The van der Waals surface area contributed by atoms with E-state index in [0.29, 0.717) is 25.9 Å². The van der Waals surface area contributed by atoms with E-state index in [1.165, 1.54) is 0 Å². The molecule has 0 bridgehead atoms. The zero-order valence-electron chi connectivity index (χ0n) is 13.5. The van der Waals surface area contributed by atoms with E-state index >= 15 is 0 Å². The van der Waals surface area contributed by atoms with Gasteiger partial charge in [-0.3, -0.25) is 4.79 Å². The lowest BCUT2D eigenvalue weighted by atomic mass is 9.97. The molecule has 0 heterocycles. The molecule has 0 aliphatic heterocycles. The van der Waals surface area contributed by atoms with Crippen LogP contribution in [0.25, 0.3) is 0 Å². The number of rotatable bonds is 8. The fourth-order valence-electron chi connectivity index (χ4n) is 2.73. The highest BCUT2D eigenvalue weighted by Gasteiger charge is 2.09. The topological polar surface area (TPSA) is 69.1 Å².